The number of carbonyl (C=O) groups excluding carboxylic acids is 2. The first-order valence-electron chi connectivity index (χ1n) is 11.4. The monoisotopic (exact) mass is 413 g/mol. The molecule has 6 heteroatoms. The Balaban J connectivity index is 1.41. The van der Waals surface area contributed by atoms with Gasteiger partial charge in [-0.3, -0.25) is 14.5 Å². The Morgan fingerprint density at radius 3 is 2.47 bits per heavy atom. The van der Waals surface area contributed by atoms with E-state index in [4.69, 9.17) is 4.74 Å². The molecular weight excluding hydrogens is 378 g/mol. The van der Waals surface area contributed by atoms with Crippen LogP contribution in [0, 0.1) is 12.8 Å². The van der Waals surface area contributed by atoms with Crippen LogP contribution in [0.15, 0.2) is 18.2 Å². The minimum Gasteiger partial charge on any atom is -0.485 e. The minimum absolute atomic E-state index is 0.0873. The summed E-state index contributed by atoms with van der Waals surface area (Å²) in [6, 6.07) is 6.24. The fraction of sp³-hybridized carbons (Fsp3) is 0.667. The van der Waals surface area contributed by atoms with Gasteiger partial charge in [0.1, 0.15) is 11.4 Å². The average molecular weight is 414 g/mol. The van der Waals surface area contributed by atoms with Crippen molar-refractivity contribution in [2.45, 2.75) is 58.6 Å². The second-order valence-corrected chi connectivity index (χ2v) is 9.61. The quantitative estimate of drug-likeness (QED) is 0.748. The van der Waals surface area contributed by atoms with Crippen LogP contribution in [0.3, 0.4) is 0 Å². The van der Waals surface area contributed by atoms with E-state index in [9.17, 15) is 9.59 Å². The Hall–Kier alpha value is -2.08. The first kappa shape index (κ1) is 21.2. The predicted molar refractivity (Wildman–Crippen MR) is 116 cm³/mol. The fourth-order valence-corrected chi connectivity index (χ4v) is 4.96. The SMILES string of the molecule is CC(=O)N1Cc2cc(C)ccc2OC2(CCN(CC(=O)N3CCC(C)CC3)CC2)C1. The van der Waals surface area contributed by atoms with Crippen molar-refractivity contribution in [3.63, 3.8) is 0 Å². The van der Waals surface area contributed by atoms with Crippen molar-refractivity contribution < 1.29 is 14.3 Å². The molecule has 1 aromatic carbocycles. The number of amides is 2. The lowest BCUT2D eigenvalue weighted by Crippen LogP contribution is -2.55. The molecule has 0 aromatic heterocycles. The van der Waals surface area contributed by atoms with Crippen molar-refractivity contribution in [3.8, 4) is 5.75 Å². The van der Waals surface area contributed by atoms with E-state index in [1.54, 1.807) is 6.92 Å². The highest BCUT2D eigenvalue weighted by Gasteiger charge is 2.41. The number of rotatable bonds is 2. The topological polar surface area (TPSA) is 53.1 Å². The Morgan fingerprint density at radius 1 is 1.10 bits per heavy atom. The number of benzene rings is 1. The summed E-state index contributed by atoms with van der Waals surface area (Å²) in [5.41, 5.74) is 1.89. The third-order valence-electron chi connectivity index (χ3n) is 7.09. The zero-order valence-electron chi connectivity index (χ0n) is 18.7. The number of ether oxygens (including phenoxy) is 1. The molecule has 30 heavy (non-hydrogen) atoms. The van der Waals surface area contributed by atoms with Gasteiger partial charge >= 0.3 is 0 Å². The van der Waals surface area contributed by atoms with Crippen LogP contribution in [-0.4, -0.2) is 71.4 Å². The average Bonchev–Trinajstić information content (AvgIpc) is 2.87. The number of likely N-dealkylation sites (tertiary alicyclic amines) is 2. The van der Waals surface area contributed by atoms with Crippen molar-refractivity contribution in [2.75, 3.05) is 39.3 Å². The van der Waals surface area contributed by atoms with Crippen LogP contribution in [0.5, 0.6) is 5.75 Å². The molecule has 0 radical (unpaired) electrons. The molecule has 0 aliphatic carbocycles. The summed E-state index contributed by atoms with van der Waals surface area (Å²) >= 11 is 0. The van der Waals surface area contributed by atoms with Crippen molar-refractivity contribution >= 4 is 11.8 Å². The maximum atomic E-state index is 12.7. The highest BCUT2D eigenvalue weighted by molar-refractivity contribution is 5.78. The van der Waals surface area contributed by atoms with Gasteiger partial charge in [-0.1, -0.05) is 24.6 Å². The summed E-state index contributed by atoms with van der Waals surface area (Å²) in [5, 5.41) is 0. The van der Waals surface area contributed by atoms with E-state index in [0.29, 0.717) is 19.6 Å². The molecule has 3 aliphatic heterocycles. The van der Waals surface area contributed by atoms with Crippen molar-refractivity contribution in [2.24, 2.45) is 5.92 Å². The van der Waals surface area contributed by atoms with E-state index in [2.05, 4.69) is 30.9 Å². The molecule has 0 bridgehead atoms. The standard InChI is InChI=1S/C24H35N3O3/c1-18-6-10-26(11-7-18)23(29)16-25-12-8-24(9-13-25)17-27(20(3)28)15-21-14-19(2)4-5-22(21)30-24/h4-5,14,18H,6-13,15-17H2,1-3H3. The van der Waals surface area contributed by atoms with Crippen molar-refractivity contribution in [3.05, 3.63) is 29.3 Å². The lowest BCUT2D eigenvalue weighted by Gasteiger charge is -2.43. The second kappa shape index (κ2) is 8.58. The number of hydrogen-bond acceptors (Lipinski definition) is 4. The summed E-state index contributed by atoms with van der Waals surface area (Å²) in [6.07, 6.45) is 3.88. The molecule has 0 atom stereocenters. The highest BCUT2D eigenvalue weighted by Crippen LogP contribution is 2.36. The zero-order valence-corrected chi connectivity index (χ0v) is 18.7. The Kier molecular flexibility index (Phi) is 6.05. The van der Waals surface area contributed by atoms with Gasteiger partial charge in [-0.2, -0.15) is 0 Å². The van der Waals surface area contributed by atoms with Crippen LogP contribution in [0.25, 0.3) is 0 Å². The van der Waals surface area contributed by atoms with Crippen LogP contribution in [0.1, 0.15) is 50.7 Å². The number of piperidine rings is 2. The molecule has 0 saturated carbocycles. The first-order chi connectivity index (χ1) is 14.3. The molecule has 3 heterocycles. The number of carbonyl (C=O) groups is 2. The lowest BCUT2D eigenvalue weighted by atomic mass is 9.90. The summed E-state index contributed by atoms with van der Waals surface area (Å²) < 4.78 is 6.59. The van der Waals surface area contributed by atoms with Gasteiger partial charge in [-0.25, -0.2) is 0 Å². The maximum Gasteiger partial charge on any atom is 0.236 e. The van der Waals surface area contributed by atoms with Gasteiger partial charge < -0.3 is 14.5 Å². The molecule has 2 amide bonds. The van der Waals surface area contributed by atoms with E-state index in [0.717, 1.165) is 69.1 Å². The number of hydrogen-bond donors (Lipinski definition) is 0. The van der Waals surface area contributed by atoms with Crippen LogP contribution in [-0.2, 0) is 16.1 Å². The Labute approximate surface area is 180 Å². The maximum absolute atomic E-state index is 12.7. The largest absolute Gasteiger partial charge is 0.485 e. The van der Waals surface area contributed by atoms with Crippen LogP contribution in [0.2, 0.25) is 0 Å². The third kappa shape index (κ3) is 4.64. The second-order valence-electron chi connectivity index (χ2n) is 9.61. The molecule has 1 aromatic rings. The van der Waals surface area contributed by atoms with E-state index in [1.807, 2.05) is 15.9 Å². The first-order valence-corrected chi connectivity index (χ1v) is 11.4. The van der Waals surface area contributed by atoms with Gasteiger partial charge in [0, 0.05) is 58.1 Å². The summed E-state index contributed by atoms with van der Waals surface area (Å²) in [4.78, 5) is 31.2. The molecular formula is C24H35N3O3. The van der Waals surface area contributed by atoms with Gasteiger partial charge in [0.2, 0.25) is 11.8 Å². The minimum atomic E-state index is -0.369. The van der Waals surface area contributed by atoms with Gasteiger partial charge in [-0.05, 0) is 31.7 Å². The summed E-state index contributed by atoms with van der Waals surface area (Å²) in [7, 11) is 0. The van der Waals surface area contributed by atoms with E-state index in [1.165, 1.54) is 5.56 Å². The van der Waals surface area contributed by atoms with E-state index < -0.39 is 0 Å². The van der Waals surface area contributed by atoms with Crippen molar-refractivity contribution in [1.82, 2.24) is 14.7 Å². The Bertz CT molecular complexity index is 793. The molecule has 2 fully saturated rings. The lowest BCUT2D eigenvalue weighted by molar-refractivity contribution is -0.135. The van der Waals surface area contributed by atoms with Crippen LogP contribution in [0.4, 0.5) is 0 Å². The van der Waals surface area contributed by atoms with Gasteiger partial charge in [0.05, 0.1) is 13.1 Å². The molecule has 0 N–H and O–H groups in total. The van der Waals surface area contributed by atoms with Crippen LogP contribution < -0.4 is 4.74 Å². The number of fused-ring (bicyclic) bond motifs is 1. The fourth-order valence-electron chi connectivity index (χ4n) is 4.96. The molecule has 4 rings (SSSR count). The molecule has 0 unspecified atom stereocenters. The predicted octanol–water partition coefficient (Wildman–Crippen LogP) is 2.83. The number of nitrogens with zero attached hydrogens (tertiary/aromatic N) is 3. The Morgan fingerprint density at radius 2 is 1.80 bits per heavy atom. The summed E-state index contributed by atoms with van der Waals surface area (Å²) in [5.74, 6) is 1.97. The summed E-state index contributed by atoms with van der Waals surface area (Å²) in [6.45, 7) is 11.1. The molecule has 164 valence electrons. The van der Waals surface area contributed by atoms with Crippen molar-refractivity contribution in [1.29, 1.82) is 0 Å². The molecule has 6 nitrogen and oxygen atoms in total. The smallest absolute Gasteiger partial charge is 0.236 e. The highest BCUT2D eigenvalue weighted by atomic mass is 16.5. The van der Waals surface area contributed by atoms with Gasteiger partial charge in [0.15, 0.2) is 0 Å². The number of aryl methyl sites for hydroxylation is 1. The normalized spacial score (nSPS) is 22.4. The zero-order chi connectivity index (χ0) is 21.3. The molecule has 1 spiro atoms. The van der Waals surface area contributed by atoms with Gasteiger partial charge in [0.25, 0.3) is 0 Å². The van der Waals surface area contributed by atoms with Crippen LogP contribution >= 0.6 is 0 Å². The third-order valence-corrected chi connectivity index (χ3v) is 7.09. The molecule has 2 saturated heterocycles. The van der Waals surface area contributed by atoms with E-state index >= 15 is 0 Å². The molecule has 3 aliphatic rings. The van der Waals surface area contributed by atoms with Gasteiger partial charge in [-0.15, -0.1) is 0 Å². The van der Waals surface area contributed by atoms with E-state index in [-0.39, 0.29) is 17.4 Å².